The third-order valence-corrected chi connectivity index (χ3v) is 3.27. The highest BCUT2D eigenvalue weighted by Gasteiger charge is 2.12. The molecule has 0 radical (unpaired) electrons. The maximum Gasteiger partial charge on any atom is 0.170 e. The van der Waals surface area contributed by atoms with Gasteiger partial charge in [-0.1, -0.05) is 31.2 Å². The van der Waals surface area contributed by atoms with Crippen LogP contribution in [0.5, 0.6) is 0 Å². The van der Waals surface area contributed by atoms with Crippen LogP contribution in [0.15, 0.2) is 30.6 Å². The van der Waals surface area contributed by atoms with Gasteiger partial charge >= 0.3 is 0 Å². The van der Waals surface area contributed by atoms with Crippen LogP contribution in [0.4, 0.5) is 4.39 Å². The summed E-state index contributed by atoms with van der Waals surface area (Å²) in [6.45, 7) is 6.51. The lowest BCUT2D eigenvalue weighted by atomic mass is 10.0. The summed E-state index contributed by atoms with van der Waals surface area (Å²) in [5, 5.41) is 0. The van der Waals surface area contributed by atoms with Crippen molar-refractivity contribution in [2.75, 3.05) is 6.61 Å². The molecule has 0 aliphatic carbocycles. The van der Waals surface area contributed by atoms with Crippen LogP contribution in [0, 0.1) is 5.82 Å². The predicted molar refractivity (Wildman–Crippen MR) is 76.8 cm³/mol. The molecule has 2 rings (SSSR count). The molecule has 0 aliphatic heterocycles. The molecule has 1 unspecified atom stereocenters. The number of ether oxygens (including phenoxy) is 1. The summed E-state index contributed by atoms with van der Waals surface area (Å²) in [6.07, 6.45) is 2.00. The molecule has 1 aromatic heterocycles. The lowest BCUT2D eigenvalue weighted by Crippen LogP contribution is -2.01. The van der Waals surface area contributed by atoms with Crippen molar-refractivity contribution in [2.24, 2.45) is 0 Å². The van der Waals surface area contributed by atoms with E-state index < -0.39 is 0 Å². The van der Waals surface area contributed by atoms with Crippen molar-refractivity contribution in [3.63, 3.8) is 0 Å². The number of benzene rings is 1. The second-order valence-electron chi connectivity index (χ2n) is 4.56. The Morgan fingerprint density at radius 3 is 2.45 bits per heavy atom. The van der Waals surface area contributed by atoms with Crippen molar-refractivity contribution in [3.8, 4) is 11.3 Å². The van der Waals surface area contributed by atoms with E-state index in [1.165, 1.54) is 6.33 Å². The third kappa shape index (κ3) is 3.02. The molecular formula is C16H19FN2O. The molecule has 0 N–H and O–H groups in total. The van der Waals surface area contributed by atoms with Crippen LogP contribution in [-0.4, -0.2) is 16.6 Å². The zero-order chi connectivity index (χ0) is 14.5. The van der Waals surface area contributed by atoms with Crippen molar-refractivity contribution >= 4 is 0 Å². The number of hydrogen-bond donors (Lipinski definition) is 0. The summed E-state index contributed by atoms with van der Waals surface area (Å²) in [5.74, 6) is -0.333. The average Bonchev–Trinajstić information content (AvgIpc) is 2.48. The number of aromatic nitrogens is 2. The van der Waals surface area contributed by atoms with Gasteiger partial charge in [0.2, 0.25) is 0 Å². The molecule has 20 heavy (non-hydrogen) atoms. The highest BCUT2D eigenvalue weighted by Crippen LogP contribution is 2.24. The Morgan fingerprint density at radius 2 is 1.85 bits per heavy atom. The van der Waals surface area contributed by atoms with Gasteiger partial charge in [-0.15, -0.1) is 0 Å². The summed E-state index contributed by atoms with van der Waals surface area (Å²) < 4.78 is 19.7. The van der Waals surface area contributed by atoms with Crippen molar-refractivity contribution in [2.45, 2.75) is 33.3 Å². The first-order valence-electron chi connectivity index (χ1n) is 6.88. The first-order valence-corrected chi connectivity index (χ1v) is 6.88. The standard InChI is InChI=1S/C16H19FN2O/c1-4-14-15(17)16(19-10-18-14)13-8-6-12(7-9-13)11(3)20-5-2/h6-11H,4-5H2,1-3H3. The van der Waals surface area contributed by atoms with Crippen molar-refractivity contribution in [3.05, 3.63) is 47.7 Å². The Hall–Kier alpha value is -1.81. The minimum Gasteiger partial charge on any atom is -0.374 e. The van der Waals surface area contributed by atoms with Gasteiger partial charge in [-0.25, -0.2) is 14.4 Å². The molecule has 1 aromatic carbocycles. The number of aryl methyl sites for hydroxylation is 1. The molecule has 0 bridgehead atoms. The molecule has 0 fully saturated rings. The largest absolute Gasteiger partial charge is 0.374 e. The zero-order valence-corrected chi connectivity index (χ0v) is 12.1. The molecule has 4 heteroatoms. The van der Waals surface area contributed by atoms with E-state index in [9.17, 15) is 4.39 Å². The van der Waals surface area contributed by atoms with Gasteiger partial charge < -0.3 is 4.74 Å². The van der Waals surface area contributed by atoms with Gasteiger partial charge in [0.25, 0.3) is 0 Å². The van der Waals surface area contributed by atoms with Crippen LogP contribution in [0.3, 0.4) is 0 Å². The molecule has 106 valence electrons. The monoisotopic (exact) mass is 274 g/mol. The third-order valence-electron chi connectivity index (χ3n) is 3.27. The van der Waals surface area contributed by atoms with Crippen molar-refractivity contribution in [1.82, 2.24) is 9.97 Å². The molecule has 1 heterocycles. The van der Waals surface area contributed by atoms with Gasteiger partial charge in [-0.05, 0) is 25.8 Å². The Morgan fingerprint density at radius 1 is 1.15 bits per heavy atom. The van der Waals surface area contributed by atoms with Crippen LogP contribution < -0.4 is 0 Å². The summed E-state index contributed by atoms with van der Waals surface area (Å²) in [5.41, 5.74) is 2.63. The molecule has 0 saturated carbocycles. The fraction of sp³-hybridized carbons (Fsp3) is 0.375. The van der Waals surface area contributed by atoms with E-state index in [-0.39, 0.29) is 11.9 Å². The van der Waals surface area contributed by atoms with E-state index in [2.05, 4.69) is 9.97 Å². The van der Waals surface area contributed by atoms with Crippen LogP contribution >= 0.6 is 0 Å². The number of hydrogen-bond acceptors (Lipinski definition) is 3. The van der Waals surface area contributed by atoms with E-state index in [1.807, 2.05) is 45.0 Å². The predicted octanol–water partition coefficient (Wildman–Crippen LogP) is 3.94. The molecule has 0 aliphatic rings. The molecule has 2 aromatic rings. The lowest BCUT2D eigenvalue weighted by Gasteiger charge is -2.12. The van der Waals surface area contributed by atoms with Gasteiger partial charge in [0.05, 0.1) is 11.8 Å². The molecule has 0 amide bonds. The Bertz CT molecular complexity index is 569. The van der Waals surface area contributed by atoms with Crippen molar-refractivity contribution in [1.29, 1.82) is 0 Å². The summed E-state index contributed by atoms with van der Waals surface area (Å²) >= 11 is 0. The summed E-state index contributed by atoms with van der Waals surface area (Å²) in [4.78, 5) is 8.00. The maximum atomic E-state index is 14.2. The molecule has 1 atom stereocenters. The summed E-state index contributed by atoms with van der Waals surface area (Å²) in [6, 6.07) is 7.64. The molecular weight excluding hydrogens is 255 g/mol. The van der Waals surface area contributed by atoms with Crippen LogP contribution in [-0.2, 0) is 11.2 Å². The highest BCUT2D eigenvalue weighted by molar-refractivity contribution is 5.60. The van der Waals surface area contributed by atoms with Gasteiger partial charge in [-0.3, -0.25) is 0 Å². The molecule has 0 spiro atoms. The Labute approximate surface area is 118 Å². The summed E-state index contributed by atoms with van der Waals surface area (Å²) in [7, 11) is 0. The number of nitrogens with zero attached hydrogens (tertiary/aromatic N) is 2. The second-order valence-corrected chi connectivity index (χ2v) is 4.56. The average molecular weight is 274 g/mol. The zero-order valence-electron chi connectivity index (χ0n) is 12.1. The van der Waals surface area contributed by atoms with Gasteiger partial charge in [0, 0.05) is 12.2 Å². The van der Waals surface area contributed by atoms with Gasteiger partial charge in [0.15, 0.2) is 5.82 Å². The van der Waals surface area contributed by atoms with Gasteiger partial charge in [-0.2, -0.15) is 0 Å². The lowest BCUT2D eigenvalue weighted by molar-refractivity contribution is 0.0764. The highest BCUT2D eigenvalue weighted by atomic mass is 19.1. The minimum atomic E-state index is -0.333. The Kier molecular flexibility index (Phi) is 4.79. The number of halogens is 1. The first kappa shape index (κ1) is 14.6. The van der Waals surface area contributed by atoms with Crippen LogP contribution in [0.25, 0.3) is 11.3 Å². The van der Waals surface area contributed by atoms with E-state index in [4.69, 9.17) is 4.74 Å². The van der Waals surface area contributed by atoms with E-state index in [0.29, 0.717) is 24.4 Å². The fourth-order valence-electron chi connectivity index (χ4n) is 2.11. The van der Waals surface area contributed by atoms with Gasteiger partial charge in [0.1, 0.15) is 12.0 Å². The maximum absolute atomic E-state index is 14.2. The molecule has 0 saturated heterocycles. The molecule has 3 nitrogen and oxygen atoms in total. The first-order chi connectivity index (χ1) is 9.67. The number of rotatable bonds is 5. The topological polar surface area (TPSA) is 35.0 Å². The van der Waals surface area contributed by atoms with Crippen LogP contribution in [0.2, 0.25) is 0 Å². The van der Waals surface area contributed by atoms with Crippen molar-refractivity contribution < 1.29 is 9.13 Å². The normalized spacial score (nSPS) is 12.4. The Balaban J connectivity index is 2.31. The van der Waals surface area contributed by atoms with E-state index >= 15 is 0 Å². The van der Waals surface area contributed by atoms with Crippen LogP contribution in [0.1, 0.15) is 38.1 Å². The fourth-order valence-corrected chi connectivity index (χ4v) is 2.11. The van der Waals surface area contributed by atoms with E-state index in [0.717, 1.165) is 11.1 Å². The second kappa shape index (κ2) is 6.57. The minimum absolute atomic E-state index is 0.0375. The van der Waals surface area contributed by atoms with E-state index in [1.54, 1.807) is 0 Å². The smallest absolute Gasteiger partial charge is 0.170 e. The quantitative estimate of drug-likeness (QED) is 0.828. The SMILES string of the molecule is CCOC(C)c1ccc(-c2ncnc(CC)c2F)cc1.